The van der Waals surface area contributed by atoms with E-state index >= 15 is 0 Å². The lowest BCUT2D eigenvalue weighted by Gasteiger charge is -2.07. The molecule has 0 atom stereocenters. The van der Waals surface area contributed by atoms with Gasteiger partial charge in [-0.15, -0.1) is 11.3 Å². The first-order valence-electron chi connectivity index (χ1n) is 7.40. The van der Waals surface area contributed by atoms with Crippen molar-refractivity contribution >= 4 is 44.1 Å². The maximum absolute atomic E-state index is 12.3. The summed E-state index contributed by atoms with van der Waals surface area (Å²) in [5.74, 6) is -0.0352. The van der Waals surface area contributed by atoms with E-state index in [1.807, 2.05) is 66.2 Å². The minimum Gasteiger partial charge on any atom is -0.338 e. The highest BCUT2D eigenvalue weighted by molar-refractivity contribution is 7.18. The lowest BCUT2D eigenvalue weighted by Crippen LogP contribution is -2.18. The highest BCUT2D eigenvalue weighted by atomic mass is 32.1. The summed E-state index contributed by atoms with van der Waals surface area (Å²) in [5.41, 5.74) is 2.85. The molecule has 0 aliphatic rings. The normalized spacial score (nSPS) is 11.2. The number of amides is 1. The number of hydrogen-bond donors (Lipinski definition) is 1. The van der Waals surface area contributed by atoms with Crippen LogP contribution in [0.5, 0.6) is 0 Å². The van der Waals surface area contributed by atoms with Crippen LogP contribution in [-0.2, 0) is 11.3 Å². The minimum atomic E-state index is -0.0352. The Hall–Kier alpha value is -2.66. The van der Waals surface area contributed by atoms with Gasteiger partial charge in [0.2, 0.25) is 5.91 Å². The van der Waals surface area contributed by atoms with Crippen molar-refractivity contribution in [3.63, 3.8) is 0 Å². The summed E-state index contributed by atoms with van der Waals surface area (Å²) in [6.07, 6.45) is 1.94. The number of nitrogens with zero attached hydrogens (tertiary/aromatic N) is 2. The smallest absolute Gasteiger partial charge is 0.244 e. The lowest BCUT2D eigenvalue weighted by atomic mass is 10.2. The molecule has 0 aliphatic heterocycles. The summed E-state index contributed by atoms with van der Waals surface area (Å²) < 4.78 is 3.05. The number of benzene rings is 2. The number of hydrogen-bond acceptors (Lipinski definition) is 3. The first kappa shape index (κ1) is 14.0. The van der Waals surface area contributed by atoms with E-state index in [1.54, 1.807) is 11.3 Å². The molecule has 4 rings (SSSR count). The summed E-state index contributed by atoms with van der Waals surface area (Å²) in [4.78, 5) is 16.8. The molecule has 2 aromatic heterocycles. The average molecular weight is 321 g/mol. The van der Waals surface area contributed by atoms with Gasteiger partial charge < -0.3 is 9.88 Å². The number of carbonyl (C=O) groups is 1. The van der Waals surface area contributed by atoms with E-state index in [0.29, 0.717) is 6.54 Å². The number of aromatic nitrogens is 2. The molecule has 0 saturated heterocycles. The zero-order valence-corrected chi connectivity index (χ0v) is 13.4. The van der Waals surface area contributed by atoms with Gasteiger partial charge in [-0.05, 0) is 42.6 Å². The molecule has 0 spiro atoms. The van der Waals surface area contributed by atoms with Crippen LogP contribution >= 0.6 is 11.3 Å². The quantitative estimate of drug-likeness (QED) is 0.615. The van der Waals surface area contributed by atoms with Crippen LogP contribution in [-0.4, -0.2) is 15.5 Å². The number of carbonyl (C=O) groups excluding carboxylic acids is 1. The van der Waals surface area contributed by atoms with Crippen molar-refractivity contribution in [1.29, 1.82) is 0 Å². The second kappa shape index (κ2) is 5.52. The third kappa shape index (κ3) is 2.71. The van der Waals surface area contributed by atoms with Gasteiger partial charge in [0.05, 0.1) is 15.2 Å². The SMILES string of the molecule is Cc1nc2ccc(NC(=O)Cn3ccc4ccccc43)cc2s1. The van der Waals surface area contributed by atoms with E-state index < -0.39 is 0 Å². The van der Waals surface area contributed by atoms with Crippen molar-refractivity contribution in [3.05, 3.63) is 59.7 Å². The highest BCUT2D eigenvalue weighted by Crippen LogP contribution is 2.24. The molecule has 2 aromatic carbocycles. The van der Waals surface area contributed by atoms with Crippen LogP contribution in [0.1, 0.15) is 5.01 Å². The summed E-state index contributed by atoms with van der Waals surface area (Å²) in [6, 6.07) is 15.9. The number of rotatable bonds is 3. The predicted octanol–water partition coefficient (Wildman–Crippen LogP) is 4.20. The van der Waals surface area contributed by atoms with Gasteiger partial charge in [-0.2, -0.15) is 0 Å². The van der Waals surface area contributed by atoms with Crippen LogP contribution in [0.15, 0.2) is 54.7 Å². The molecule has 0 saturated carbocycles. The summed E-state index contributed by atoms with van der Waals surface area (Å²) in [6.45, 7) is 2.29. The van der Waals surface area contributed by atoms with E-state index in [-0.39, 0.29) is 5.91 Å². The zero-order valence-electron chi connectivity index (χ0n) is 12.6. The fourth-order valence-corrected chi connectivity index (χ4v) is 3.62. The van der Waals surface area contributed by atoms with Crippen LogP contribution < -0.4 is 5.32 Å². The van der Waals surface area contributed by atoms with E-state index in [2.05, 4.69) is 10.3 Å². The standard InChI is InChI=1S/C18H15N3OS/c1-12-19-15-7-6-14(10-17(15)23-12)20-18(22)11-21-9-8-13-4-2-3-5-16(13)21/h2-10H,11H2,1H3,(H,20,22). The van der Waals surface area contributed by atoms with Crippen molar-refractivity contribution in [1.82, 2.24) is 9.55 Å². The molecule has 4 aromatic rings. The van der Waals surface area contributed by atoms with Gasteiger partial charge in [-0.3, -0.25) is 4.79 Å². The van der Waals surface area contributed by atoms with Gasteiger partial charge in [-0.25, -0.2) is 4.98 Å². The fraction of sp³-hybridized carbons (Fsp3) is 0.111. The molecule has 2 heterocycles. The van der Waals surface area contributed by atoms with E-state index in [4.69, 9.17) is 0 Å². The van der Waals surface area contributed by atoms with Crippen LogP contribution in [0.2, 0.25) is 0 Å². The minimum absolute atomic E-state index is 0.0352. The molecule has 0 aliphatic carbocycles. The molecule has 114 valence electrons. The molecule has 4 nitrogen and oxygen atoms in total. The largest absolute Gasteiger partial charge is 0.338 e. The molecule has 23 heavy (non-hydrogen) atoms. The van der Waals surface area contributed by atoms with Gasteiger partial charge in [0, 0.05) is 17.4 Å². The van der Waals surface area contributed by atoms with E-state index in [9.17, 15) is 4.79 Å². The molecule has 0 radical (unpaired) electrons. The van der Waals surface area contributed by atoms with Crippen LogP contribution in [0.25, 0.3) is 21.1 Å². The Kier molecular flexibility index (Phi) is 3.35. The highest BCUT2D eigenvalue weighted by Gasteiger charge is 2.08. The zero-order chi connectivity index (χ0) is 15.8. The van der Waals surface area contributed by atoms with E-state index in [1.165, 1.54) is 0 Å². The molecular weight excluding hydrogens is 306 g/mol. The fourth-order valence-electron chi connectivity index (χ4n) is 2.75. The molecule has 1 amide bonds. The predicted molar refractivity (Wildman–Crippen MR) is 94.9 cm³/mol. The monoisotopic (exact) mass is 321 g/mol. The maximum Gasteiger partial charge on any atom is 0.244 e. The van der Waals surface area contributed by atoms with E-state index in [0.717, 1.165) is 31.8 Å². The third-order valence-electron chi connectivity index (χ3n) is 3.77. The number of nitrogens with one attached hydrogen (secondary N) is 1. The van der Waals surface area contributed by atoms with Crippen molar-refractivity contribution in [2.45, 2.75) is 13.5 Å². The topological polar surface area (TPSA) is 46.9 Å². The maximum atomic E-state index is 12.3. The number of fused-ring (bicyclic) bond motifs is 2. The molecule has 1 N–H and O–H groups in total. The van der Waals surface area contributed by atoms with Gasteiger partial charge in [0.15, 0.2) is 0 Å². The molecular formula is C18H15N3OS. The van der Waals surface area contributed by atoms with Crippen molar-refractivity contribution in [2.24, 2.45) is 0 Å². The Morgan fingerprint density at radius 1 is 1.22 bits per heavy atom. The Bertz CT molecular complexity index is 1020. The van der Waals surface area contributed by atoms with Gasteiger partial charge in [-0.1, -0.05) is 18.2 Å². The van der Waals surface area contributed by atoms with Gasteiger partial charge in [0.1, 0.15) is 6.54 Å². The van der Waals surface area contributed by atoms with Gasteiger partial charge in [0.25, 0.3) is 0 Å². The van der Waals surface area contributed by atoms with Gasteiger partial charge >= 0.3 is 0 Å². The number of aryl methyl sites for hydroxylation is 1. The summed E-state index contributed by atoms with van der Waals surface area (Å²) >= 11 is 1.63. The second-order valence-corrected chi connectivity index (χ2v) is 6.70. The second-order valence-electron chi connectivity index (χ2n) is 5.47. The average Bonchev–Trinajstić information content (AvgIpc) is 3.10. The Morgan fingerprint density at radius 2 is 2.09 bits per heavy atom. The lowest BCUT2D eigenvalue weighted by molar-refractivity contribution is -0.116. The molecule has 0 fully saturated rings. The molecule has 0 bridgehead atoms. The van der Waals surface area contributed by atoms with Crippen LogP contribution in [0, 0.1) is 6.92 Å². The van der Waals surface area contributed by atoms with Crippen molar-refractivity contribution in [2.75, 3.05) is 5.32 Å². The van der Waals surface area contributed by atoms with Crippen LogP contribution in [0.4, 0.5) is 5.69 Å². The Labute approximate surface area is 137 Å². The number of anilines is 1. The van der Waals surface area contributed by atoms with Crippen molar-refractivity contribution < 1.29 is 4.79 Å². The Morgan fingerprint density at radius 3 is 3.00 bits per heavy atom. The third-order valence-corrected chi connectivity index (χ3v) is 4.71. The first-order valence-corrected chi connectivity index (χ1v) is 8.22. The summed E-state index contributed by atoms with van der Waals surface area (Å²) in [7, 11) is 0. The van der Waals surface area contributed by atoms with Crippen LogP contribution in [0.3, 0.4) is 0 Å². The summed E-state index contributed by atoms with van der Waals surface area (Å²) in [5, 5.41) is 5.14. The first-order chi connectivity index (χ1) is 11.2. The molecule has 5 heteroatoms. The van der Waals surface area contributed by atoms with Crippen molar-refractivity contribution in [3.8, 4) is 0 Å². The number of para-hydroxylation sites is 1. The Balaban J connectivity index is 1.54. The molecule has 0 unspecified atom stereocenters. The number of thiazole rings is 1.